The lowest BCUT2D eigenvalue weighted by atomic mass is 10.1. The van der Waals surface area contributed by atoms with Gasteiger partial charge in [-0.2, -0.15) is 11.8 Å². The Balaban J connectivity index is 1.85. The van der Waals surface area contributed by atoms with Gasteiger partial charge in [-0.1, -0.05) is 13.3 Å². The summed E-state index contributed by atoms with van der Waals surface area (Å²) in [6, 6.07) is 0.678. The number of thioether (sulfide) groups is 1. The van der Waals surface area contributed by atoms with Crippen molar-refractivity contribution in [3.63, 3.8) is 0 Å². The molecule has 0 saturated carbocycles. The molecule has 80 valence electrons. The van der Waals surface area contributed by atoms with Crippen LogP contribution in [0.25, 0.3) is 0 Å². The number of aliphatic imine (C=N–C) groups is 1. The predicted octanol–water partition coefficient (Wildman–Crippen LogP) is 2.44. The number of rotatable bonds is 1. The zero-order valence-electron chi connectivity index (χ0n) is 8.96. The first-order chi connectivity index (χ1) is 6.86. The Morgan fingerprint density at radius 3 is 3.07 bits per heavy atom. The number of nitrogens with one attached hydrogen (secondary N) is 1. The smallest absolute Gasteiger partial charge is 0.0965 e. The maximum atomic E-state index is 4.62. The molecule has 0 bridgehead atoms. The zero-order valence-corrected chi connectivity index (χ0v) is 9.78. The maximum Gasteiger partial charge on any atom is 0.0965 e. The fourth-order valence-electron chi connectivity index (χ4n) is 2.13. The minimum atomic E-state index is 0.678. The first-order valence-electron chi connectivity index (χ1n) is 5.78. The van der Waals surface area contributed by atoms with E-state index in [2.05, 4.69) is 29.0 Å². The summed E-state index contributed by atoms with van der Waals surface area (Å²) < 4.78 is 0. The van der Waals surface area contributed by atoms with E-state index in [0.717, 1.165) is 11.8 Å². The number of hydrogen-bond donors (Lipinski definition) is 1. The highest BCUT2D eigenvalue weighted by atomic mass is 32.2. The average Bonchev–Trinajstić information content (AvgIpc) is 2.44. The van der Waals surface area contributed by atoms with Gasteiger partial charge in [0.25, 0.3) is 0 Å². The molecule has 2 rings (SSSR count). The van der Waals surface area contributed by atoms with Crippen LogP contribution in [0.3, 0.4) is 0 Å². The topological polar surface area (TPSA) is 24.4 Å². The van der Waals surface area contributed by atoms with Crippen LogP contribution < -0.4 is 5.32 Å². The van der Waals surface area contributed by atoms with Gasteiger partial charge in [-0.15, -0.1) is 0 Å². The highest BCUT2D eigenvalue weighted by Crippen LogP contribution is 2.26. The van der Waals surface area contributed by atoms with Crippen LogP contribution in [0.1, 0.15) is 39.0 Å². The van der Waals surface area contributed by atoms with Crippen molar-refractivity contribution in [2.45, 2.75) is 50.3 Å². The molecule has 2 heterocycles. The van der Waals surface area contributed by atoms with E-state index in [9.17, 15) is 0 Å². The summed E-state index contributed by atoms with van der Waals surface area (Å²) in [5.74, 6) is 2.59. The molecule has 0 aromatic rings. The summed E-state index contributed by atoms with van der Waals surface area (Å²) in [5, 5.41) is 4.40. The van der Waals surface area contributed by atoms with Gasteiger partial charge in [0.2, 0.25) is 0 Å². The lowest BCUT2D eigenvalue weighted by molar-refractivity contribution is 0.602. The van der Waals surface area contributed by atoms with Crippen molar-refractivity contribution in [2.75, 3.05) is 12.3 Å². The first-order valence-corrected chi connectivity index (χ1v) is 6.82. The molecular formula is C11H20N2S. The number of hydrogen-bond acceptors (Lipinski definition) is 3. The van der Waals surface area contributed by atoms with Gasteiger partial charge >= 0.3 is 0 Å². The molecule has 2 unspecified atom stereocenters. The second-order valence-electron chi connectivity index (χ2n) is 4.25. The normalized spacial score (nSPS) is 33.6. The molecule has 0 radical (unpaired) electrons. The third kappa shape index (κ3) is 2.66. The third-order valence-corrected chi connectivity index (χ3v) is 4.43. The van der Waals surface area contributed by atoms with Gasteiger partial charge in [-0.25, -0.2) is 0 Å². The predicted molar refractivity (Wildman–Crippen MR) is 64.2 cm³/mol. The van der Waals surface area contributed by atoms with E-state index in [1.54, 1.807) is 0 Å². The Kier molecular flexibility index (Phi) is 3.74. The van der Waals surface area contributed by atoms with Gasteiger partial charge in [0.1, 0.15) is 0 Å². The SMILES string of the molecule is CC1SCCC1NC1=NCCCCC1. The zero-order chi connectivity index (χ0) is 9.80. The minimum Gasteiger partial charge on any atom is -0.370 e. The van der Waals surface area contributed by atoms with Crippen molar-refractivity contribution < 1.29 is 0 Å². The van der Waals surface area contributed by atoms with Crippen LogP contribution in [0, 0.1) is 0 Å². The highest BCUT2D eigenvalue weighted by Gasteiger charge is 2.24. The largest absolute Gasteiger partial charge is 0.370 e. The van der Waals surface area contributed by atoms with Gasteiger partial charge in [-0.05, 0) is 25.0 Å². The van der Waals surface area contributed by atoms with Crippen LogP contribution in [0.2, 0.25) is 0 Å². The van der Waals surface area contributed by atoms with Crippen molar-refractivity contribution in [2.24, 2.45) is 4.99 Å². The molecule has 2 aliphatic rings. The molecule has 14 heavy (non-hydrogen) atoms. The second kappa shape index (κ2) is 5.06. The summed E-state index contributed by atoms with van der Waals surface area (Å²) in [5.41, 5.74) is 0. The third-order valence-electron chi connectivity index (χ3n) is 3.10. The van der Waals surface area contributed by atoms with Gasteiger partial charge in [0.05, 0.1) is 5.84 Å². The summed E-state index contributed by atoms with van der Waals surface area (Å²) in [6.45, 7) is 3.36. The van der Waals surface area contributed by atoms with Gasteiger partial charge in [0, 0.05) is 24.3 Å². The molecule has 1 fully saturated rings. The van der Waals surface area contributed by atoms with Gasteiger partial charge in [0.15, 0.2) is 0 Å². The standard InChI is InChI=1S/C11H20N2S/c1-9-10(6-8-14-9)13-11-5-3-2-4-7-12-11/h9-10H,2-8H2,1H3,(H,12,13). The fraction of sp³-hybridized carbons (Fsp3) is 0.909. The van der Waals surface area contributed by atoms with Crippen LogP contribution >= 0.6 is 11.8 Å². The Morgan fingerprint density at radius 2 is 2.29 bits per heavy atom. The van der Waals surface area contributed by atoms with E-state index in [0.29, 0.717) is 6.04 Å². The molecule has 0 aliphatic carbocycles. The molecule has 0 aromatic heterocycles. The van der Waals surface area contributed by atoms with Crippen molar-refractivity contribution in [3.05, 3.63) is 0 Å². The Hall–Kier alpha value is -0.180. The minimum absolute atomic E-state index is 0.678. The molecule has 2 aliphatic heterocycles. The molecular weight excluding hydrogens is 192 g/mol. The number of amidine groups is 1. The quantitative estimate of drug-likeness (QED) is 0.722. The van der Waals surface area contributed by atoms with Gasteiger partial charge < -0.3 is 5.32 Å². The van der Waals surface area contributed by atoms with E-state index < -0.39 is 0 Å². The Bertz CT molecular complexity index is 215. The maximum absolute atomic E-state index is 4.62. The van der Waals surface area contributed by atoms with E-state index >= 15 is 0 Å². The van der Waals surface area contributed by atoms with Crippen molar-refractivity contribution in [1.82, 2.24) is 5.32 Å². The van der Waals surface area contributed by atoms with Crippen molar-refractivity contribution >= 4 is 17.6 Å². The average molecular weight is 212 g/mol. The molecule has 2 atom stereocenters. The first kappa shape index (κ1) is 10.3. The number of nitrogens with zero attached hydrogens (tertiary/aromatic N) is 1. The lowest BCUT2D eigenvalue weighted by Crippen LogP contribution is -2.38. The molecule has 1 N–H and O–H groups in total. The molecule has 3 heteroatoms. The van der Waals surface area contributed by atoms with Gasteiger partial charge in [-0.3, -0.25) is 4.99 Å². The Morgan fingerprint density at radius 1 is 1.36 bits per heavy atom. The summed E-state index contributed by atoms with van der Waals surface area (Å²) in [6.07, 6.45) is 6.43. The van der Waals surface area contributed by atoms with E-state index in [1.165, 1.54) is 43.7 Å². The van der Waals surface area contributed by atoms with Crippen LogP contribution in [0.5, 0.6) is 0 Å². The molecule has 0 amide bonds. The summed E-state index contributed by atoms with van der Waals surface area (Å²) in [4.78, 5) is 4.62. The van der Waals surface area contributed by atoms with Crippen LogP contribution in [0.15, 0.2) is 4.99 Å². The molecule has 1 saturated heterocycles. The lowest BCUT2D eigenvalue weighted by Gasteiger charge is -2.18. The van der Waals surface area contributed by atoms with E-state index in [4.69, 9.17) is 0 Å². The fourth-order valence-corrected chi connectivity index (χ4v) is 3.33. The van der Waals surface area contributed by atoms with Crippen LogP contribution in [0.4, 0.5) is 0 Å². The summed E-state index contributed by atoms with van der Waals surface area (Å²) in [7, 11) is 0. The molecule has 0 spiro atoms. The van der Waals surface area contributed by atoms with E-state index in [-0.39, 0.29) is 0 Å². The Labute approximate surface area is 90.9 Å². The summed E-state index contributed by atoms with van der Waals surface area (Å²) >= 11 is 2.08. The second-order valence-corrected chi connectivity index (χ2v) is 5.74. The monoisotopic (exact) mass is 212 g/mol. The van der Waals surface area contributed by atoms with Crippen LogP contribution in [-0.2, 0) is 0 Å². The highest BCUT2D eigenvalue weighted by molar-refractivity contribution is 8.00. The van der Waals surface area contributed by atoms with E-state index in [1.807, 2.05) is 0 Å². The van der Waals surface area contributed by atoms with Crippen LogP contribution in [-0.4, -0.2) is 29.4 Å². The van der Waals surface area contributed by atoms with Crippen molar-refractivity contribution in [1.29, 1.82) is 0 Å². The molecule has 0 aromatic carbocycles. The molecule has 2 nitrogen and oxygen atoms in total. The van der Waals surface area contributed by atoms with Crippen molar-refractivity contribution in [3.8, 4) is 0 Å².